The third-order valence-corrected chi connectivity index (χ3v) is 2.79. The highest BCUT2D eigenvalue weighted by molar-refractivity contribution is 5.76. The van der Waals surface area contributed by atoms with Crippen LogP contribution < -0.4 is 10.6 Å². The molecule has 1 fully saturated rings. The topological polar surface area (TPSA) is 82.7 Å². The summed E-state index contributed by atoms with van der Waals surface area (Å²) in [5.41, 5.74) is 0. The van der Waals surface area contributed by atoms with Crippen molar-refractivity contribution in [2.75, 3.05) is 19.6 Å². The minimum Gasteiger partial charge on any atom is -0.356 e. The Labute approximate surface area is 94.2 Å². The van der Waals surface area contributed by atoms with Crippen molar-refractivity contribution in [3.63, 3.8) is 0 Å². The highest BCUT2D eigenvalue weighted by atomic mass is 16.1. The number of amides is 1. The summed E-state index contributed by atoms with van der Waals surface area (Å²) in [6, 6.07) is 0. The highest BCUT2D eigenvalue weighted by Crippen LogP contribution is 2.11. The summed E-state index contributed by atoms with van der Waals surface area (Å²) in [4.78, 5) is 15.5. The first kappa shape index (κ1) is 11.1. The van der Waals surface area contributed by atoms with Gasteiger partial charge in [0.05, 0.1) is 0 Å². The fourth-order valence-electron chi connectivity index (χ4n) is 1.89. The van der Waals surface area contributed by atoms with Gasteiger partial charge in [-0.15, -0.1) is 0 Å². The molecule has 0 aliphatic carbocycles. The number of hydrogen-bond acceptors (Lipinski definition) is 4. The molecular formula is C10H17N5O. The smallest absolute Gasteiger partial charge is 0.220 e. The average molecular weight is 223 g/mol. The summed E-state index contributed by atoms with van der Waals surface area (Å²) in [6.07, 6.45) is 3.91. The zero-order valence-electron chi connectivity index (χ0n) is 9.20. The molecule has 1 aromatic rings. The van der Waals surface area contributed by atoms with Crippen LogP contribution in [0.5, 0.6) is 0 Å². The first-order valence-corrected chi connectivity index (χ1v) is 5.66. The van der Waals surface area contributed by atoms with Gasteiger partial charge in [-0.25, -0.2) is 4.98 Å². The van der Waals surface area contributed by atoms with Crippen molar-refractivity contribution >= 4 is 5.91 Å². The quantitative estimate of drug-likeness (QED) is 0.626. The first-order chi connectivity index (χ1) is 7.84. The molecule has 16 heavy (non-hydrogen) atoms. The maximum absolute atomic E-state index is 11.5. The SMILES string of the molecule is O=C(CC1CCNC1)NCCc1ncn[nH]1. The molecule has 1 aliphatic heterocycles. The second kappa shape index (κ2) is 5.60. The van der Waals surface area contributed by atoms with E-state index in [1.807, 2.05) is 0 Å². The van der Waals surface area contributed by atoms with Gasteiger partial charge in [0.1, 0.15) is 12.2 Å². The number of nitrogens with one attached hydrogen (secondary N) is 3. The lowest BCUT2D eigenvalue weighted by atomic mass is 10.0. The number of aromatic amines is 1. The highest BCUT2D eigenvalue weighted by Gasteiger charge is 2.17. The zero-order valence-corrected chi connectivity index (χ0v) is 9.20. The molecule has 0 spiro atoms. The van der Waals surface area contributed by atoms with Gasteiger partial charge in [-0.1, -0.05) is 0 Å². The Morgan fingerprint density at radius 2 is 2.56 bits per heavy atom. The summed E-state index contributed by atoms with van der Waals surface area (Å²) in [5.74, 6) is 1.45. The van der Waals surface area contributed by atoms with Crippen LogP contribution >= 0.6 is 0 Å². The second-order valence-corrected chi connectivity index (χ2v) is 4.10. The molecule has 1 unspecified atom stereocenters. The summed E-state index contributed by atoms with van der Waals surface area (Å²) in [6.45, 7) is 2.62. The van der Waals surface area contributed by atoms with Crippen molar-refractivity contribution in [2.24, 2.45) is 5.92 Å². The summed E-state index contributed by atoms with van der Waals surface area (Å²) < 4.78 is 0. The third-order valence-electron chi connectivity index (χ3n) is 2.79. The summed E-state index contributed by atoms with van der Waals surface area (Å²) in [5, 5.41) is 12.7. The van der Waals surface area contributed by atoms with Crippen molar-refractivity contribution in [3.05, 3.63) is 12.2 Å². The predicted molar refractivity (Wildman–Crippen MR) is 58.7 cm³/mol. The van der Waals surface area contributed by atoms with E-state index in [0.717, 1.165) is 25.3 Å². The van der Waals surface area contributed by atoms with Crippen LogP contribution in [0.15, 0.2) is 6.33 Å². The van der Waals surface area contributed by atoms with E-state index >= 15 is 0 Å². The fraction of sp³-hybridized carbons (Fsp3) is 0.700. The van der Waals surface area contributed by atoms with Crippen molar-refractivity contribution in [1.29, 1.82) is 0 Å². The van der Waals surface area contributed by atoms with Crippen LogP contribution in [0.2, 0.25) is 0 Å². The molecule has 1 aromatic heterocycles. The number of H-pyrrole nitrogens is 1. The van der Waals surface area contributed by atoms with Crippen molar-refractivity contribution in [2.45, 2.75) is 19.3 Å². The van der Waals surface area contributed by atoms with Crippen molar-refractivity contribution in [3.8, 4) is 0 Å². The van der Waals surface area contributed by atoms with Gasteiger partial charge in [0, 0.05) is 19.4 Å². The fourth-order valence-corrected chi connectivity index (χ4v) is 1.89. The van der Waals surface area contributed by atoms with Crippen LogP contribution in [0.25, 0.3) is 0 Å². The molecule has 0 aromatic carbocycles. The molecule has 3 N–H and O–H groups in total. The minimum atomic E-state index is 0.133. The van der Waals surface area contributed by atoms with Gasteiger partial charge in [0.25, 0.3) is 0 Å². The van der Waals surface area contributed by atoms with E-state index in [-0.39, 0.29) is 5.91 Å². The van der Waals surface area contributed by atoms with Gasteiger partial charge < -0.3 is 10.6 Å². The Morgan fingerprint density at radius 1 is 1.62 bits per heavy atom. The van der Waals surface area contributed by atoms with Gasteiger partial charge >= 0.3 is 0 Å². The van der Waals surface area contributed by atoms with E-state index in [1.54, 1.807) is 0 Å². The van der Waals surface area contributed by atoms with Crippen molar-refractivity contribution < 1.29 is 4.79 Å². The lowest BCUT2D eigenvalue weighted by Crippen LogP contribution is -2.28. The molecule has 1 saturated heterocycles. The molecular weight excluding hydrogens is 206 g/mol. The number of rotatable bonds is 5. The Morgan fingerprint density at radius 3 is 3.25 bits per heavy atom. The lowest BCUT2D eigenvalue weighted by molar-refractivity contribution is -0.121. The van der Waals surface area contributed by atoms with Crippen molar-refractivity contribution in [1.82, 2.24) is 25.8 Å². The first-order valence-electron chi connectivity index (χ1n) is 5.66. The summed E-state index contributed by atoms with van der Waals surface area (Å²) in [7, 11) is 0. The Bertz CT molecular complexity index is 318. The maximum atomic E-state index is 11.5. The van der Waals surface area contributed by atoms with Crippen LogP contribution in [0.1, 0.15) is 18.7 Å². The normalized spacial score (nSPS) is 19.9. The standard InChI is InChI=1S/C10H17N5O/c16-10(5-8-1-3-11-6-8)12-4-2-9-13-7-14-15-9/h7-8,11H,1-6H2,(H,12,16)(H,13,14,15). The molecule has 2 rings (SSSR count). The van der Waals surface area contributed by atoms with Crippen LogP contribution in [0.4, 0.5) is 0 Å². The van der Waals surface area contributed by atoms with E-state index < -0.39 is 0 Å². The van der Waals surface area contributed by atoms with Crippen LogP contribution in [-0.4, -0.2) is 40.7 Å². The monoisotopic (exact) mass is 223 g/mol. The zero-order chi connectivity index (χ0) is 11.2. The molecule has 1 atom stereocenters. The predicted octanol–water partition coefficient (Wildman–Crippen LogP) is -0.537. The number of aromatic nitrogens is 3. The molecule has 1 amide bonds. The van der Waals surface area contributed by atoms with E-state index in [4.69, 9.17) is 0 Å². The average Bonchev–Trinajstić information content (AvgIpc) is 2.90. The largest absolute Gasteiger partial charge is 0.356 e. The van der Waals surface area contributed by atoms with Crippen LogP contribution in [0.3, 0.4) is 0 Å². The van der Waals surface area contributed by atoms with E-state index in [0.29, 0.717) is 25.3 Å². The van der Waals surface area contributed by atoms with Crippen LogP contribution in [-0.2, 0) is 11.2 Å². The second-order valence-electron chi connectivity index (χ2n) is 4.10. The maximum Gasteiger partial charge on any atom is 0.220 e. The van der Waals surface area contributed by atoms with E-state index in [9.17, 15) is 4.79 Å². The van der Waals surface area contributed by atoms with E-state index in [1.165, 1.54) is 6.33 Å². The Kier molecular flexibility index (Phi) is 3.87. The van der Waals surface area contributed by atoms with Gasteiger partial charge in [0.2, 0.25) is 5.91 Å². The number of carbonyl (C=O) groups excluding carboxylic acids is 1. The van der Waals surface area contributed by atoms with Gasteiger partial charge in [-0.3, -0.25) is 9.89 Å². The molecule has 88 valence electrons. The van der Waals surface area contributed by atoms with E-state index in [2.05, 4.69) is 25.8 Å². The Balaban J connectivity index is 1.60. The molecule has 0 bridgehead atoms. The number of nitrogens with zero attached hydrogens (tertiary/aromatic N) is 2. The molecule has 6 heteroatoms. The van der Waals surface area contributed by atoms with Gasteiger partial charge in [-0.05, 0) is 25.4 Å². The minimum absolute atomic E-state index is 0.133. The van der Waals surface area contributed by atoms with Crippen LogP contribution in [0, 0.1) is 5.92 Å². The molecule has 1 aliphatic rings. The lowest BCUT2D eigenvalue weighted by Gasteiger charge is -2.08. The number of hydrogen-bond donors (Lipinski definition) is 3. The number of carbonyl (C=O) groups is 1. The molecule has 6 nitrogen and oxygen atoms in total. The molecule has 0 saturated carbocycles. The summed E-state index contributed by atoms with van der Waals surface area (Å²) >= 11 is 0. The molecule has 0 radical (unpaired) electrons. The third kappa shape index (κ3) is 3.30. The Hall–Kier alpha value is -1.43. The van der Waals surface area contributed by atoms with Gasteiger partial charge in [-0.2, -0.15) is 5.10 Å². The van der Waals surface area contributed by atoms with Gasteiger partial charge in [0.15, 0.2) is 0 Å². The molecule has 2 heterocycles.